The maximum Gasteiger partial charge on any atom is 0.234 e. The molecule has 0 aromatic carbocycles. The van der Waals surface area contributed by atoms with Crippen molar-refractivity contribution in [3.05, 3.63) is 24.1 Å². The minimum absolute atomic E-state index is 0.182. The molecule has 96 valence electrons. The average Bonchev–Trinajstić information content (AvgIpc) is 2.13. The van der Waals surface area contributed by atoms with E-state index >= 15 is 0 Å². The Labute approximate surface area is 98.8 Å². The molecule has 0 radical (unpaired) electrons. The van der Waals surface area contributed by atoms with Crippen LogP contribution in [-0.4, -0.2) is 39.6 Å². The Hall–Kier alpha value is -1.22. The molecule has 0 aliphatic rings. The molecule has 0 aliphatic heterocycles. The molecule has 0 spiro atoms. The highest BCUT2D eigenvalue weighted by Crippen LogP contribution is 2.06. The Kier molecular flexibility index (Phi) is 4.04. The molecule has 0 amide bonds. The van der Waals surface area contributed by atoms with Crippen LogP contribution < -0.4 is 4.72 Å². The van der Waals surface area contributed by atoms with E-state index in [0.29, 0.717) is 0 Å². The minimum atomic E-state index is -3.84. The van der Waals surface area contributed by atoms with E-state index in [1.54, 1.807) is 0 Å². The molecule has 17 heavy (non-hydrogen) atoms. The molecule has 1 N–H and O–H groups in total. The van der Waals surface area contributed by atoms with Gasteiger partial charge in [-0.15, -0.1) is 0 Å². The molecule has 9 heteroatoms. The first kappa shape index (κ1) is 13.8. The highest BCUT2D eigenvalue weighted by atomic mass is 32.2. The van der Waals surface area contributed by atoms with Crippen molar-refractivity contribution in [2.24, 2.45) is 0 Å². The SMILES string of the molecule is CS(=O)(=O)CCS(=O)(=O)Nc1cccc(F)n1. The van der Waals surface area contributed by atoms with Gasteiger partial charge in [0.2, 0.25) is 16.0 Å². The van der Waals surface area contributed by atoms with Crippen LogP contribution in [0.25, 0.3) is 0 Å². The third-order valence-electron chi connectivity index (χ3n) is 1.70. The van der Waals surface area contributed by atoms with Crippen molar-refractivity contribution in [2.75, 3.05) is 22.5 Å². The van der Waals surface area contributed by atoms with Gasteiger partial charge in [0.15, 0.2) is 0 Å². The number of hydrogen-bond acceptors (Lipinski definition) is 5. The summed E-state index contributed by atoms with van der Waals surface area (Å²) in [5.41, 5.74) is 0. The fraction of sp³-hybridized carbons (Fsp3) is 0.375. The quantitative estimate of drug-likeness (QED) is 0.768. The Morgan fingerprint density at radius 2 is 1.88 bits per heavy atom. The first-order valence-corrected chi connectivity index (χ1v) is 8.20. The van der Waals surface area contributed by atoms with Crippen LogP contribution in [0.3, 0.4) is 0 Å². The van der Waals surface area contributed by atoms with E-state index in [4.69, 9.17) is 0 Å². The summed E-state index contributed by atoms with van der Waals surface area (Å²) in [5.74, 6) is -2.10. The number of aromatic nitrogens is 1. The van der Waals surface area contributed by atoms with Crippen LogP contribution >= 0.6 is 0 Å². The van der Waals surface area contributed by atoms with Gasteiger partial charge in [-0.3, -0.25) is 4.72 Å². The topological polar surface area (TPSA) is 93.2 Å². The maximum atomic E-state index is 12.7. The summed E-state index contributed by atoms with van der Waals surface area (Å²) in [6, 6.07) is 3.62. The molecule has 0 fully saturated rings. The molecule has 0 saturated carbocycles. The number of halogens is 1. The highest BCUT2D eigenvalue weighted by Gasteiger charge is 2.15. The molecular weight excluding hydrogens is 271 g/mol. The average molecular weight is 282 g/mol. The number of rotatable bonds is 5. The molecular formula is C8H11FN2O4S2. The second-order valence-corrected chi connectivity index (χ2v) is 7.50. The summed E-state index contributed by atoms with van der Waals surface area (Å²) in [5, 5.41) is 0. The maximum absolute atomic E-state index is 12.7. The van der Waals surface area contributed by atoms with Gasteiger partial charge in [0.05, 0.1) is 11.5 Å². The lowest BCUT2D eigenvalue weighted by atomic mass is 10.5. The molecule has 1 rings (SSSR count). The normalized spacial score (nSPS) is 12.4. The van der Waals surface area contributed by atoms with Crippen LogP contribution in [-0.2, 0) is 19.9 Å². The number of nitrogens with one attached hydrogen (secondary N) is 1. The molecule has 0 aliphatic carbocycles. The van der Waals surface area contributed by atoms with E-state index < -0.39 is 37.3 Å². The van der Waals surface area contributed by atoms with Gasteiger partial charge in [0, 0.05) is 6.26 Å². The first-order valence-electron chi connectivity index (χ1n) is 4.49. The molecule has 6 nitrogen and oxygen atoms in total. The monoisotopic (exact) mass is 282 g/mol. The van der Waals surface area contributed by atoms with Crippen LogP contribution in [0.2, 0.25) is 0 Å². The van der Waals surface area contributed by atoms with Crippen LogP contribution in [0.5, 0.6) is 0 Å². The van der Waals surface area contributed by atoms with Crippen LogP contribution in [0.15, 0.2) is 18.2 Å². The molecule has 1 aromatic rings. The summed E-state index contributed by atoms with van der Waals surface area (Å²) < 4.78 is 59.1. The van der Waals surface area contributed by atoms with Crippen molar-refractivity contribution in [3.8, 4) is 0 Å². The van der Waals surface area contributed by atoms with Gasteiger partial charge >= 0.3 is 0 Å². The van der Waals surface area contributed by atoms with Crippen molar-refractivity contribution >= 4 is 25.7 Å². The van der Waals surface area contributed by atoms with Gasteiger partial charge in [-0.2, -0.15) is 4.39 Å². The number of pyridine rings is 1. The molecule has 0 bridgehead atoms. The zero-order chi connectivity index (χ0) is 13.1. The fourth-order valence-electron chi connectivity index (χ4n) is 0.937. The van der Waals surface area contributed by atoms with E-state index in [0.717, 1.165) is 12.3 Å². The van der Waals surface area contributed by atoms with Gasteiger partial charge in [-0.1, -0.05) is 6.07 Å². The van der Waals surface area contributed by atoms with Crippen LogP contribution in [0, 0.1) is 5.95 Å². The molecule has 0 unspecified atom stereocenters. The molecule has 0 saturated heterocycles. The van der Waals surface area contributed by atoms with Crippen molar-refractivity contribution in [1.82, 2.24) is 4.98 Å². The Bertz CT molecular complexity index is 598. The fourth-order valence-corrected chi connectivity index (χ4v) is 3.56. The summed E-state index contributed by atoms with van der Waals surface area (Å²) in [7, 11) is -7.21. The smallest absolute Gasteiger partial charge is 0.234 e. The Morgan fingerprint density at radius 1 is 1.24 bits per heavy atom. The van der Waals surface area contributed by atoms with Crippen molar-refractivity contribution < 1.29 is 21.2 Å². The van der Waals surface area contributed by atoms with Gasteiger partial charge < -0.3 is 0 Å². The molecule has 0 atom stereocenters. The lowest BCUT2D eigenvalue weighted by Gasteiger charge is -2.06. The largest absolute Gasteiger partial charge is 0.267 e. The van der Waals surface area contributed by atoms with Crippen LogP contribution in [0.1, 0.15) is 0 Å². The number of sulfonamides is 1. The third kappa shape index (κ3) is 5.59. The standard InChI is InChI=1S/C8H11FN2O4S2/c1-16(12,13)5-6-17(14,15)11-8-4-2-3-7(9)10-8/h2-4H,5-6H2,1H3,(H,10,11). The third-order valence-corrected chi connectivity index (χ3v) is 4.16. The lowest BCUT2D eigenvalue weighted by Crippen LogP contribution is -2.23. The zero-order valence-electron chi connectivity index (χ0n) is 8.92. The molecule has 1 heterocycles. The van der Waals surface area contributed by atoms with Crippen LogP contribution in [0.4, 0.5) is 10.2 Å². The van der Waals surface area contributed by atoms with Gasteiger partial charge in [-0.05, 0) is 12.1 Å². The second-order valence-electron chi connectivity index (χ2n) is 3.40. The van der Waals surface area contributed by atoms with Crippen molar-refractivity contribution in [3.63, 3.8) is 0 Å². The number of hydrogen-bond donors (Lipinski definition) is 1. The first-order chi connectivity index (χ1) is 7.68. The summed E-state index contributed by atoms with van der Waals surface area (Å²) in [6.07, 6.45) is 0.933. The van der Waals surface area contributed by atoms with E-state index in [1.807, 2.05) is 4.72 Å². The zero-order valence-corrected chi connectivity index (χ0v) is 10.6. The number of anilines is 1. The highest BCUT2D eigenvalue weighted by molar-refractivity contribution is 7.95. The van der Waals surface area contributed by atoms with E-state index in [1.165, 1.54) is 12.1 Å². The predicted molar refractivity (Wildman–Crippen MR) is 61.3 cm³/mol. The summed E-state index contributed by atoms with van der Waals surface area (Å²) in [4.78, 5) is 3.30. The second kappa shape index (κ2) is 4.96. The van der Waals surface area contributed by atoms with Gasteiger partial charge in [0.25, 0.3) is 0 Å². The van der Waals surface area contributed by atoms with Gasteiger partial charge in [0.1, 0.15) is 15.7 Å². The van der Waals surface area contributed by atoms with Gasteiger partial charge in [-0.25, -0.2) is 21.8 Å². The van der Waals surface area contributed by atoms with Crippen molar-refractivity contribution in [2.45, 2.75) is 0 Å². The number of nitrogens with zero attached hydrogens (tertiary/aromatic N) is 1. The predicted octanol–water partition coefficient (Wildman–Crippen LogP) is 0.00700. The Morgan fingerprint density at radius 3 is 2.41 bits per heavy atom. The van der Waals surface area contributed by atoms with E-state index in [2.05, 4.69) is 4.98 Å². The minimum Gasteiger partial charge on any atom is -0.267 e. The van der Waals surface area contributed by atoms with E-state index in [-0.39, 0.29) is 5.82 Å². The Balaban J connectivity index is 2.74. The summed E-state index contributed by atoms with van der Waals surface area (Å²) >= 11 is 0. The van der Waals surface area contributed by atoms with E-state index in [9.17, 15) is 21.2 Å². The molecule has 1 aromatic heterocycles. The lowest BCUT2D eigenvalue weighted by molar-refractivity contribution is 0.584. The number of sulfone groups is 1. The van der Waals surface area contributed by atoms with Crippen molar-refractivity contribution in [1.29, 1.82) is 0 Å². The summed E-state index contributed by atoms with van der Waals surface area (Å²) in [6.45, 7) is 0.